The minimum absolute atomic E-state index is 0.0411. The quantitative estimate of drug-likeness (QED) is 0.509. The Morgan fingerprint density at radius 3 is 1.53 bits per heavy atom. The Balaban J connectivity index is 0.00000121. The van der Waals surface area contributed by atoms with Crippen molar-refractivity contribution in [3.05, 3.63) is 29.8 Å². The van der Waals surface area contributed by atoms with Gasteiger partial charge in [-0.3, -0.25) is 4.79 Å². The Labute approximate surface area is 96.4 Å². The van der Waals surface area contributed by atoms with Crippen LogP contribution in [0.1, 0.15) is 31.1 Å². The van der Waals surface area contributed by atoms with Crippen molar-refractivity contribution in [3.63, 3.8) is 0 Å². The standard InChI is InChI=1S/C8H7F5OS.C2H6/c1-6(14)7-2-4-8(5-3-7)15(9,10,11,12)13;1-2/h2-5H,1H3;1-2H3. The molecule has 0 fully saturated rings. The van der Waals surface area contributed by atoms with Crippen LogP contribution in [0.2, 0.25) is 0 Å². The predicted octanol–water partition coefficient (Wildman–Crippen LogP) is 5.57. The number of Topliss-reactive ketones (excluding diaryl/α,β-unsaturated/α-hetero) is 1. The SMILES string of the molecule is CC.CC(=O)c1ccc(S(F)(F)(F)(F)F)cc1. The molecule has 0 aliphatic rings. The van der Waals surface area contributed by atoms with Crippen molar-refractivity contribution < 1.29 is 24.2 Å². The monoisotopic (exact) mass is 276 g/mol. The number of hydrogen-bond donors (Lipinski definition) is 0. The van der Waals surface area contributed by atoms with Gasteiger partial charge in [0.2, 0.25) is 0 Å². The topological polar surface area (TPSA) is 17.1 Å². The van der Waals surface area contributed by atoms with Crippen LogP contribution in [0.3, 0.4) is 0 Å². The summed E-state index contributed by atoms with van der Waals surface area (Å²) < 4.78 is 61.0. The van der Waals surface area contributed by atoms with Crippen LogP contribution in [0, 0.1) is 0 Å². The van der Waals surface area contributed by atoms with Crippen LogP contribution in [0.25, 0.3) is 0 Å². The third-order valence-corrected chi connectivity index (χ3v) is 2.87. The Morgan fingerprint density at radius 1 is 0.941 bits per heavy atom. The number of carbonyl (C=O) groups excluding carboxylic acids is 1. The lowest BCUT2D eigenvalue weighted by atomic mass is 10.2. The second-order valence-corrected chi connectivity index (χ2v) is 5.46. The molecule has 0 atom stereocenters. The highest BCUT2D eigenvalue weighted by Gasteiger charge is 2.65. The summed E-state index contributed by atoms with van der Waals surface area (Å²) in [5.74, 6) is -0.483. The van der Waals surface area contributed by atoms with Crippen molar-refractivity contribution in [3.8, 4) is 0 Å². The smallest absolute Gasteiger partial charge is 0.295 e. The van der Waals surface area contributed by atoms with Crippen LogP contribution in [-0.2, 0) is 0 Å². The van der Waals surface area contributed by atoms with Crippen molar-refractivity contribution in [2.24, 2.45) is 0 Å². The zero-order valence-corrected chi connectivity index (χ0v) is 10.3. The van der Waals surface area contributed by atoms with E-state index in [1.165, 1.54) is 0 Å². The van der Waals surface area contributed by atoms with Crippen molar-refractivity contribution in [2.75, 3.05) is 0 Å². The lowest BCUT2D eigenvalue weighted by Gasteiger charge is -2.40. The fourth-order valence-electron chi connectivity index (χ4n) is 0.947. The second kappa shape index (κ2) is 3.97. The van der Waals surface area contributed by atoms with E-state index in [0.29, 0.717) is 0 Å². The maximum Gasteiger partial charge on any atom is 0.310 e. The molecule has 1 rings (SSSR count). The Kier molecular flexibility index (Phi) is 3.71. The lowest BCUT2D eigenvalue weighted by Crippen LogP contribution is -2.06. The predicted molar refractivity (Wildman–Crippen MR) is 59.2 cm³/mol. The first kappa shape index (κ1) is 15.9. The summed E-state index contributed by atoms with van der Waals surface area (Å²) in [7, 11) is -9.60. The molecular weight excluding hydrogens is 263 g/mol. The first-order valence-electron chi connectivity index (χ1n) is 4.75. The van der Waals surface area contributed by atoms with E-state index in [-0.39, 0.29) is 17.7 Å². The summed E-state index contributed by atoms with van der Waals surface area (Å²) >= 11 is 0. The third kappa shape index (κ3) is 4.72. The van der Waals surface area contributed by atoms with Gasteiger partial charge in [-0.1, -0.05) is 33.3 Å². The summed E-state index contributed by atoms with van der Waals surface area (Å²) in [6.07, 6.45) is 0. The second-order valence-electron chi connectivity index (χ2n) is 3.05. The molecule has 1 aromatic carbocycles. The molecule has 1 nitrogen and oxygen atoms in total. The molecule has 0 saturated heterocycles. The molecule has 1 aromatic rings. The Hall–Kier alpha value is -1.11. The van der Waals surface area contributed by atoms with Crippen molar-refractivity contribution in [1.82, 2.24) is 0 Å². The molecule has 0 N–H and O–H groups in total. The van der Waals surface area contributed by atoms with Gasteiger partial charge in [-0.25, -0.2) is 0 Å². The summed E-state index contributed by atoms with van der Waals surface area (Å²) in [4.78, 5) is 8.72. The first-order valence-corrected chi connectivity index (χ1v) is 6.70. The van der Waals surface area contributed by atoms with Crippen molar-refractivity contribution >= 4 is 16.0 Å². The summed E-state index contributed by atoms with van der Waals surface area (Å²) in [6, 6.07) is 1.90. The zero-order chi connectivity index (χ0) is 14.0. The number of rotatable bonds is 2. The average Bonchev–Trinajstić information content (AvgIpc) is 2.18. The molecule has 0 aromatic heterocycles. The van der Waals surface area contributed by atoms with Crippen LogP contribution >= 0.6 is 10.2 Å². The molecule has 0 heterocycles. The minimum Gasteiger partial charge on any atom is -0.295 e. The van der Waals surface area contributed by atoms with E-state index in [9.17, 15) is 24.2 Å². The molecule has 17 heavy (non-hydrogen) atoms. The number of carbonyl (C=O) groups is 1. The molecule has 0 aliphatic carbocycles. The summed E-state index contributed by atoms with van der Waals surface area (Å²) in [5, 5.41) is 0. The number of hydrogen-bond acceptors (Lipinski definition) is 1. The van der Waals surface area contributed by atoms with Gasteiger partial charge >= 0.3 is 10.2 Å². The van der Waals surface area contributed by atoms with Crippen LogP contribution in [0.15, 0.2) is 29.2 Å². The van der Waals surface area contributed by atoms with Crippen LogP contribution < -0.4 is 0 Å². The zero-order valence-electron chi connectivity index (χ0n) is 9.52. The van der Waals surface area contributed by atoms with E-state index in [0.717, 1.165) is 19.1 Å². The van der Waals surface area contributed by atoms with Crippen LogP contribution in [0.5, 0.6) is 0 Å². The van der Waals surface area contributed by atoms with Gasteiger partial charge < -0.3 is 0 Å². The number of ketones is 1. The number of benzene rings is 1. The van der Waals surface area contributed by atoms with E-state index < -0.39 is 20.9 Å². The van der Waals surface area contributed by atoms with Crippen molar-refractivity contribution in [2.45, 2.75) is 25.7 Å². The average molecular weight is 276 g/mol. The van der Waals surface area contributed by atoms with Gasteiger partial charge in [0.05, 0.1) is 0 Å². The first-order chi connectivity index (χ1) is 7.40. The number of halogens is 5. The fourth-order valence-corrected chi connectivity index (χ4v) is 1.60. The molecular formula is C10H13F5OS. The van der Waals surface area contributed by atoms with E-state index in [1.807, 2.05) is 13.8 Å². The lowest BCUT2D eigenvalue weighted by molar-refractivity contribution is 0.101. The van der Waals surface area contributed by atoms with E-state index in [4.69, 9.17) is 0 Å². The highest BCUT2D eigenvalue weighted by atomic mass is 32.5. The normalized spacial score (nSPS) is 15.1. The van der Waals surface area contributed by atoms with Crippen LogP contribution in [0.4, 0.5) is 19.4 Å². The van der Waals surface area contributed by atoms with Gasteiger partial charge in [0, 0.05) is 5.56 Å². The van der Waals surface area contributed by atoms with Gasteiger partial charge in [-0.2, -0.15) is 0 Å². The van der Waals surface area contributed by atoms with Gasteiger partial charge in [0.15, 0.2) is 5.78 Å². The summed E-state index contributed by atoms with van der Waals surface area (Å²) in [6.45, 7) is 5.13. The molecule has 0 aliphatic heterocycles. The molecule has 0 unspecified atom stereocenters. The third-order valence-electron chi connectivity index (χ3n) is 1.71. The molecule has 0 bridgehead atoms. The minimum atomic E-state index is -9.60. The van der Waals surface area contributed by atoms with Gasteiger partial charge in [0.1, 0.15) is 4.90 Å². The molecule has 7 heteroatoms. The maximum absolute atomic E-state index is 12.2. The molecule has 0 saturated carbocycles. The molecule has 0 amide bonds. The van der Waals surface area contributed by atoms with Gasteiger partial charge in [-0.15, -0.1) is 0 Å². The van der Waals surface area contributed by atoms with Gasteiger partial charge in [0.25, 0.3) is 0 Å². The highest BCUT2D eigenvalue weighted by molar-refractivity contribution is 8.45. The van der Waals surface area contributed by atoms with Crippen LogP contribution in [-0.4, -0.2) is 5.78 Å². The van der Waals surface area contributed by atoms with Crippen molar-refractivity contribution in [1.29, 1.82) is 0 Å². The Bertz CT molecular complexity index is 406. The largest absolute Gasteiger partial charge is 0.310 e. The maximum atomic E-state index is 12.2. The fraction of sp³-hybridized carbons (Fsp3) is 0.300. The highest BCUT2D eigenvalue weighted by Crippen LogP contribution is 3.02. The molecule has 0 spiro atoms. The van der Waals surface area contributed by atoms with E-state index in [2.05, 4.69) is 0 Å². The van der Waals surface area contributed by atoms with E-state index in [1.54, 1.807) is 0 Å². The summed E-state index contributed by atoms with van der Waals surface area (Å²) in [5.41, 5.74) is -0.0411. The van der Waals surface area contributed by atoms with E-state index >= 15 is 0 Å². The Morgan fingerprint density at radius 2 is 1.29 bits per heavy atom. The molecule has 100 valence electrons. The van der Waals surface area contributed by atoms with Gasteiger partial charge in [-0.05, 0) is 31.2 Å². The molecule has 0 radical (unpaired) electrons.